The van der Waals surface area contributed by atoms with Crippen LogP contribution in [0.25, 0.3) is 27.9 Å². The first-order valence-corrected chi connectivity index (χ1v) is 7.54. The van der Waals surface area contributed by atoms with E-state index in [0.29, 0.717) is 0 Å². The predicted molar refractivity (Wildman–Crippen MR) is 87.1 cm³/mol. The minimum atomic E-state index is -0.176. The summed E-state index contributed by atoms with van der Waals surface area (Å²) in [6.07, 6.45) is 6.07. The summed E-state index contributed by atoms with van der Waals surface area (Å²) in [5.74, 6) is 1.04. The topological polar surface area (TPSA) is 35.1 Å². The molecule has 22 heavy (non-hydrogen) atoms. The molecule has 4 heterocycles. The molecule has 108 valence electrons. The maximum Gasteiger partial charge on any atom is 0.141 e. The van der Waals surface area contributed by atoms with Gasteiger partial charge in [0.25, 0.3) is 0 Å². The Morgan fingerprint density at radius 3 is 2.82 bits per heavy atom. The average Bonchev–Trinajstić information content (AvgIpc) is 3.12. The SMILES string of the molecule is Cc1ccc2nc3cccn3c3c2c1-c1nccn1C3(C)C. The largest absolute Gasteiger partial charge is 0.320 e. The molecule has 5 rings (SSSR count). The van der Waals surface area contributed by atoms with Gasteiger partial charge in [-0.05, 0) is 44.5 Å². The van der Waals surface area contributed by atoms with Gasteiger partial charge in [0.15, 0.2) is 0 Å². The van der Waals surface area contributed by atoms with Crippen molar-refractivity contribution in [3.63, 3.8) is 0 Å². The Morgan fingerprint density at radius 2 is 1.95 bits per heavy atom. The molecular formula is C18H16N4. The van der Waals surface area contributed by atoms with Gasteiger partial charge in [0.1, 0.15) is 11.5 Å². The first kappa shape index (κ1) is 12.0. The molecular weight excluding hydrogens is 272 g/mol. The zero-order valence-electron chi connectivity index (χ0n) is 12.8. The summed E-state index contributed by atoms with van der Waals surface area (Å²) in [4.78, 5) is 9.46. The van der Waals surface area contributed by atoms with Crippen LogP contribution >= 0.6 is 0 Å². The summed E-state index contributed by atoms with van der Waals surface area (Å²) in [5, 5.41) is 1.23. The van der Waals surface area contributed by atoms with E-state index in [0.717, 1.165) is 17.0 Å². The predicted octanol–water partition coefficient (Wildman–Crippen LogP) is 3.76. The monoisotopic (exact) mass is 288 g/mol. The van der Waals surface area contributed by atoms with E-state index in [2.05, 4.69) is 71.4 Å². The summed E-state index contributed by atoms with van der Waals surface area (Å²) in [6, 6.07) is 8.39. The van der Waals surface area contributed by atoms with E-state index in [-0.39, 0.29) is 5.54 Å². The molecule has 0 atom stereocenters. The number of hydrogen-bond donors (Lipinski definition) is 0. The Hall–Kier alpha value is -2.62. The first-order chi connectivity index (χ1) is 10.6. The number of aryl methyl sites for hydroxylation is 1. The summed E-state index contributed by atoms with van der Waals surface area (Å²) in [5.41, 5.74) is 5.59. The number of hydrogen-bond acceptors (Lipinski definition) is 2. The van der Waals surface area contributed by atoms with Crippen molar-refractivity contribution >= 4 is 16.6 Å². The zero-order valence-corrected chi connectivity index (χ0v) is 12.8. The molecule has 0 saturated heterocycles. The second-order valence-corrected chi connectivity index (χ2v) is 6.53. The van der Waals surface area contributed by atoms with Crippen LogP contribution in [-0.2, 0) is 5.54 Å². The van der Waals surface area contributed by atoms with Crippen LogP contribution < -0.4 is 0 Å². The third kappa shape index (κ3) is 1.20. The second-order valence-electron chi connectivity index (χ2n) is 6.53. The van der Waals surface area contributed by atoms with E-state index in [4.69, 9.17) is 4.98 Å². The molecule has 0 N–H and O–H groups in total. The molecule has 0 bridgehead atoms. The lowest BCUT2D eigenvalue weighted by Crippen LogP contribution is -2.33. The Bertz CT molecular complexity index is 1070. The van der Waals surface area contributed by atoms with Gasteiger partial charge in [0, 0.05) is 29.5 Å². The van der Waals surface area contributed by atoms with Crippen molar-refractivity contribution in [2.75, 3.05) is 0 Å². The van der Waals surface area contributed by atoms with Crippen LogP contribution in [0.5, 0.6) is 0 Å². The standard InChI is InChI=1S/C18H16N4/c1-11-6-7-12-15-14(11)17-19-8-10-22(17)18(2,3)16(15)21-9-4-5-13(21)20-12/h4-10H,1-3H3. The van der Waals surface area contributed by atoms with Crippen LogP contribution in [0.4, 0.5) is 0 Å². The van der Waals surface area contributed by atoms with Crippen molar-refractivity contribution in [2.45, 2.75) is 26.3 Å². The van der Waals surface area contributed by atoms with Crippen molar-refractivity contribution in [3.8, 4) is 11.4 Å². The molecule has 0 aliphatic carbocycles. The van der Waals surface area contributed by atoms with Gasteiger partial charge in [-0.25, -0.2) is 9.97 Å². The lowest BCUT2D eigenvalue weighted by atomic mass is 9.87. The van der Waals surface area contributed by atoms with Crippen molar-refractivity contribution in [1.29, 1.82) is 0 Å². The van der Waals surface area contributed by atoms with E-state index in [1.165, 1.54) is 22.2 Å². The number of aromatic nitrogens is 4. The molecule has 4 heteroatoms. The molecule has 0 fully saturated rings. The molecule has 0 amide bonds. The van der Waals surface area contributed by atoms with Crippen LogP contribution in [0.3, 0.4) is 0 Å². The molecule has 0 unspecified atom stereocenters. The van der Waals surface area contributed by atoms with Gasteiger partial charge in [0.2, 0.25) is 0 Å². The number of rotatable bonds is 0. The van der Waals surface area contributed by atoms with Crippen LogP contribution in [0.15, 0.2) is 42.9 Å². The molecule has 4 nitrogen and oxygen atoms in total. The van der Waals surface area contributed by atoms with E-state index >= 15 is 0 Å². The lowest BCUT2D eigenvalue weighted by molar-refractivity contribution is 0.422. The molecule has 0 saturated carbocycles. The smallest absolute Gasteiger partial charge is 0.141 e. The van der Waals surface area contributed by atoms with E-state index in [1.807, 2.05) is 6.20 Å². The van der Waals surface area contributed by atoms with Gasteiger partial charge in [-0.1, -0.05) is 6.07 Å². The molecule has 4 aromatic rings. The maximum absolute atomic E-state index is 4.83. The number of benzene rings is 1. The highest BCUT2D eigenvalue weighted by atomic mass is 15.2. The lowest BCUT2D eigenvalue weighted by Gasteiger charge is -2.35. The van der Waals surface area contributed by atoms with Crippen molar-refractivity contribution in [3.05, 3.63) is 54.1 Å². The van der Waals surface area contributed by atoms with Crippen molar-refractivity contribution < 1.29 is 0 Å². The van der Waals surface area contributed by atoms with Gasteiger partial charge in [0.05, 0.1) is 16.7 Å². The third-order valence-electron chi connectivity index (χ3n) is 4.88. The van der Waals surface area contributed by atoms with Gasteiger partial charge >= 0.3 is 0 Å². The van der Waals surface area contributed by atoms with Crippen LogP contribution in [0.2, 0.25) is 0 Å². The first-order valence-electron chi connectivity index (χ1n) is 7.54. The summed E-state index contributed by atoms with van der Waals surface area (Å²) < 4.78 is 4.49. The Morgan fingerprint density at radius 1 is 1.09 bits per heavy atom. The average molecular weight is 288 g/mol. The Kier molecular flexibility index (Phi) is 1.95. The third-order valence-corrected chi connectivity index (χ3v) is 4.88. The molecule has 3 aromatic heterocycles. The van der Waals surface area contributed by atoms with Crippen molar-refractivity contribution in [2.24, 2.45) is 0 Å². The molecule has 1 aromatic carbocycles. The fourth-order valence-electron chi connectivity index (χ4n) is 3.87. The molecule has 1 aliphatic rings. The Labute approximate surface area is 128 Å². The van der Waals surface area contributed by atoms with Crippen LogP contribution in [-0.4, -0.2) is 18.9 Å². The van der Waals surface area contributed by atoms with Gasteiger partial charge in [-0.15, -0.1) is 0 Å². The van der Waals surface area contributed by atoms with Gasteiger partial charge in [-0.2, -0.15) is 0 Å². The molecule has 0 spiro atoms. The number of imidazole rings is 1. The minimum absolute atomic E-state index is 0.176. The highest BCUT2D eigenvalue weighted by molar-refractivity contribution is 5.99. The number of fused-ring (bicyclic) bond motifs is 4. The van der Waals surface area contributed by atoms with E-state index in [1.54, 1.807) is 0 Å². The molecule has 1 aliphatic heterocycles. The minimum Gasteiger partial charge on any atom is -0.320 e. The fraction of sp³-hybridized carbons (Fsp3) is 0.222. The van der Waals surface area contributed by atoms with Crippen LogP contribution in [0.1, 0.15) is 25.1 Å². The Balaban J connectivity index is 2.16. The normalized spacial score (nSPS) is 15.4. The summed E-state index contributed by atoms with van der Waals surface area (Å²) in [6.45, 7) is 6.64. The van der Waals surface area contributed by atoms with E-state index < -0.39 is 0 Å². The van der Waals surface area contributed by atoms with Gasteiger partial charge in [-0.3, -0.25) is 0 Å². The van der Waals surface area contributed by atoms with Crippen molar-refractivity contribution in [1.82, 2.24) is 18.9 Å². The van der Waals surface area contributed by atoms with E-state index in [9.17, 15) is 0 Å². The fourth-order valence-corrected chi connectivity index (χ4v) is 3.87. The van der Waals surface area contributed by atoms with Gasteiger partial charge < -0.3 is 8.97 Å². The maximum atomic E-state index is 4.83. The summed E-state index contributed by atoms with van der Waals surface area (Å²) >= 11 is 0. The number of nitrogens with zero attached hydrogens (tertiary/aromatic N) is 4. The highest BCUT2D eigenvalue weighted by Gasteiger charge is 2.36. The van der Waals surface area contributed by atoms with Crippen LogP contribution in [0, 0.1) is 6.92 Å². The quantitative estimate of drug-likeness (QED) is 0.494. The highest BCUT2D eigenvalue weighted by Crippen LogP contribution is 2.44. The summed E-state index contributed by atoms with van der Waals surface area (Å²) in [7, 11) is 0. The zero-order chi connectivity index (χ0) is 15.1. The second kappa shape index (κ2) is 3.58. The molecule has 0 radical (unpaired) electrons.